The van der Waals surface area contributed by atoms with Gasteiger partial charge in [-0.2, -0.15) is 0 Å². The molecule has 2 aromatic rings. The topological polar surface area (TPSA) is 73.4 Å². The lowest BCUT2D eigenvalue weighted by Crippen LogP contribution is -2.40. The third kappa shape index (κ3) is 3.07. The molecule has 0 unspecified atom stereocenters. The van der Waals surface area contributed by atoms with Crippen LogP contribution < -0.4 is 0 Å². The first kappa shape index (κ1) is 15.1. The minimum atomic E-state index is -1.01. The predicted molar refractivity (Wildman–Crippen MR) is 81.6 cm³/mol. The summed E-state index contributed by atoms with van der Waals surface area (Å²) >= 11 is 0. The van der Waals surface area contributed by atoms with E-state index in [0.29, 0.717) is 5.69 Å². The molecule has 21 heavy (non-hydrogen) atoms. The number of amides is 1. The Balaban J connectivity index is 2.42. The largest absolute Gasteiger partial charge is 0.480 e. The molecule has 0 saturated carbocycles. The number of carboxylic acids is 1. The molecule has 5 nitrogen and oxygen atoms in total. The Hall–Kier alpha value is -2.30. The number of rotatable bonds is 4. The van der Waals surface area contributed by atoms with Gasteiger partial charge >= 0.3 is 5.97 Å². The smallest absolute Gasteiger partial charge is 0.323 e. The summed E-state index contributed by atoms with van der Waals surface area (Å²) in [5.41, 5.74) is 3.53. The lowest BCUT2D eigenvalue weighted by atomic mass is 10.1. The molecule has 112 valence electrons. The molecule has 0 aliphatic carbocycles. The number of nitrogens with zero attached hydrogens (tertiary/aromatic N) is 1. The quantitative estimate of drug-likeness (QED) is 0.908. The Morgan fingerprint density at radius 3 is 2.48 bits per heavy atom. The van der Waals surface area contributed by atoms with Gasteiger partial charge in [0, 0.05) is 16.9 Å². The third-order valence-corrected chi connectivity index (χ3v) is 3.51. The molecule has 1 aromatic heterocycles. The Labute approximate surface area is 123 Å². The van der Waals surface area contributed by atoms with Gasteiger partial charge < -0.3 is 15.0 Å². The SMILES string of the molecule is Cc1cc(C)c2cc(C(=O)N(CC(=O)O)C(C)C)[nH]c2c1. The molecule has 0 bridgehead atoms. The van der Waals surface area contributed by atoms with Gasteiger partial charge in [0.2, 0.25) is 0 Å². The van der Waals surface area contributed by atoms with Crippen molar-refractivity contribution in [1.29, 1.82) is 0 Å². The summed E-state index contributed by atoms with van der Waals surface area (Å²) in [5.74, 6) is -1.30. The minimum absolute atomic E-state index is 0.178. The molecular formula is C16H20N2O3. The van der Waals surface area contributed by atoms with E-state index < -0.39 is 5.97 Å². The lowest BCUT2D eigenvalue weighted by Gasteiger charge is -2.24. The molecule has 0 atom stereocenters. The zero-order valence-corrected chi connectivity index (χ0v) is 12.7. The first-order valence-electron chi connectivity index (χ1n) is 6.92. The van der Waals surface area contributed by atoms with Crippen molar-refractivity contribution in [3.05, 3.63) is 35.0 Å². The van der Waals surface area contributed by atoms with Crippen LogP contribution in [0.25, 0.3) is 10.9 Å². The van der Waals surface area contributed by atoms with Crippen LogP contribution in [0.5, 0.6) is 0 Å². The number of aromatic nitrogens is 1. The minimum Gasteiger partial charge on any atom is -0.480 e. The second-order valence-electron chi connectivity index (χ2n) is 5.65. The van der Waals surface area contributed by atoms with E-state index in [1.54, 1.807) is 19.9 Å². The molecule has 0 saturated heterocycles. The zero-order chi connectivity index (χ0) is 15.7. The molecule has 1 aromatic carbocycles. The molecule has 5 heteroatoms. The number of carboxylic acid groups (broad SMARTS) is 1. The van der Waals surface area contributed by atoms with E-state index in [0.717, 1.165) is 22.0 Å². The molecule has 1 heterocycles. The average molecular weight is 288 g/mol. The number of carbonyl (C=O) groups is 2. The number of hydrogen-bond acceptors (Lipinski definition) is 2. The van der Waals surface area contributed by atoms with Crippen molar-refractivity contribution in [3.63, 3.8) is 0 Å². The molecule has 0 fully saturated rings. The van der Waals surface area contributed by atoms with Crippen LogP contribution in [0.3, 0.4) is 0 Å². The van der Waals surface area contributed by atoms with E-state index in [1.807, 2.05) is 19.9 Å². The maximum absolute atomic E-state index is 12.5. The van der Waals surface area contributed by atoms with Gasteiger partial charge in [-0.1, -0.05) is 6.07 Å². The van der Waals surface area contributed by atoms with Crippen molar-refractivity contribution < 1.29 is 14.7 Å². The summed E-state index contributed by atoms with van der Waals surface area (Å²) in [6.45, 7) is 7.30. The predicted octanol–water partition coefficient (Wildman–Crippen LogP) is 2.72. The second kappa shape index (κ2) is 5.60. The number of benzene rings is 1. The molecular weight excluding hydrogens is 268 g/mol. The highest BCUT2D eigenvalue weighted by atomic mass is 16.4. The summed E-state index contributed by atoms with van der Waals surface area (Å²) in [5, 5.41) is 9.93. The van der Waals surface area contributed by atoms with Gasteiger partial charge in [-0.25, -0.2) is 0 Å². The van der Waals surface area contributed by atoms with Crippen LogP contribution in [-0.4, -0.2) is 39.5 Å². The van der Waals surface area contributed by atoms with Crippen molar-refractivity contribution in [2.75, 3.05) is 6.54 Å². The maximum Gasteiger partial charge on any atom is 0.323 e. The fourth-order valence-corrected chi connectivity index (χ4v) is 2.50. The van der Waals surface area contributed by atoms with Crippen molar-refractivity contribution in [1.82, 2.24) is 9.88 Å². The third-order valence-electron chi connectivity index (χ3n) is 3.51. The highest BCUT2D eigenvalue weighted by molar-refractivity contribution is 6.00. The van der Waals surface area contributed by atoms with E-state index in [4.69, 9.17) is 5.11 Å². The number of aliphatic carboxylic acids is 1. The molecule has 1 amide bonds. The fourth-order valence-electron chi connectivity index (χ4n) is 2.50. The second-order valence-corrected chi connectivity index (χ2v) is 5.65. The number of nitrogens with one attached hydrogen (secondary N) is 1. The van der Waals surface area contributed by atoms with E-state index in [-0.39, 0.29) is 18.5 Å². The van der Waals surface area contributed by atoms with Gasteiger partial charge in [-0.15, -0.1) is 0 Å². The first-order chi connectivity index (χ1) is 9.79. The van der Waals surface area contributed by atoms with Crippen molar-refractivity contribution in [2.45, 2.75) is 33.7 Å². The number of fused-ring (bicyclic) bond motifs is 1. The Kier molecular flexibility index (Phi) is 4.02. The standard InChI is InChI=1S/C16H20N2O3/c1-9(2)18(8-15(19)20)16(21)14-7-12-11(4)5-10(3)6-13(12)17-14/h5-7,9,17H,8H2,1-4H3,(H,19,20). The van der Waals surface area contributed by atoms with Crippen LogP contribution >= 0.6 is 0 Å². The lowest BCUT2D eigenvalue weighted by molar-refractivity contribution is -0.138. The van der Waals surface area contributed by atoms with Crippen LogP contribution in [0.15, 0.2) is 18.2 Å². The number of aryl methyl sites for hydroxylation is 2. The number of hydrogen-bond donors (Lipinski definition) is 2. The number of H-pyrrole nitrogens is 1. The highest BCUT2D eigenvalue weighted by Gasteiger charge is 2.23. The average Bonchev–Trinajstić information content (AvgIpc) is 2.78. The summed E-state index contributed by atoms with van der Waals surface area (Å²) in [6.07, 6.45) is 0. The normalized spacial score (nSPS) is 11.1. The van der Waals surface area contributed by atoms with Gasteiger partial charge in [-0.3, -0.25) is 9.59 Å². The van der Waals surface area contributed by atoms with Crippen LogP contribution in [-0.2, 0) is 4.79 Å². The van der Waals surface area contributed by atoms with Gasteiger partial charge in [-0.05, 0) is 51.0 Å². The zero-order valence-electron chi connectivity index (χ0n) is 12.7. The molecule has 2 N–H and O–H groups in total. The first-order valence-corrected chi connectivity index (χ1v) is 6.92. The Morgan fingerprint density at radius 2 is 1.90 bits per heavy atom. The molecule has 0 spiro atoms. The van der Waals surface area contributed by atoms with Crippen LogP contribution in [0, 0.1) is 13.8 Å². The van der Waals surface area contributed by atoms with E-state index in [9.17, 15) is 9.59 Å². The van der Waals surface area contributed by atoms with Crippen LogP contribution in [0.4, 0.5) is 0 Å². The molecule has 0 aliphatic rings. The number of carbonyl (C=O) groups excluding carboxylic acids is 1. The summed E-state index contributed by atoms with van der Waals surface area (Å²) in [7, 11) is 0. The monoisotopic (exact) mass is 288 g/mol. The van der Waals surface area contributed by atoms with Crippen LogP contribution in [0.2, 0.25) is 0 Å². The van der Waals surface area contributed by atoms with Crippen molar-refractivity contribution in [3.8, 4) is 0 Å². The molecule has 0 aliphatic heterocycles. The maximum atomic E-state index is 12.5. The molecule has 0 radical (unpaired) electrons. The summed E-state index contributed by atoms with van der Waals surface area (Å²) < 4.78 is 0. The van der Waals surface area contributed by atoms with E-state index in [2.05, 4.69) is 11.1 Å². The van der Waals surface area contributed by atoms with Crippen molar-refractivity contribution >= 4 is 22.8 Å². The van der Waals surface area contributed by atoms with Crippen LogP contribution in [0.1, 0.15) is 35.5 Å². The summed E-state index contributed by atoms with van der Waals surface area (Å²) in [6, 6.07) is 5.66. The van der Waals surface area contributed by atoms with Crippen molar-refractivity contribution in [2.24, 2.45) is 0 Å². The van der Waals surface area contributed by atoms with E-state index >= 15 is 0 Å². The Bertz CT molecular complexity index is 701. The highest BCUT2D eigenvalue weighted by Crippen LogP contribution is 2.22. The fraction of sp³-hybridized carbons (Fsp3) is 0.375. The summed E-state index contributed by atoms with van der Waals surface area (Å²) in [4.78, 5) is 27.9. The van der Waals surface area contributed by atoms with E-state index in [1.165, 1.54) is 4.90 Å². The number of aromatic amines is 1. The Morgan fingerprint density at radius 1 is 1.24 bits per heavy atom. The van der Waals surface area contributed by atoms with Gasteiger partial charge in [0.25, 0.3) is 5.91 Å². The van der Waals surface area contributed by atoms with Gasteiger partial charge in [0.1, 0.15) is 12.2 Å². The van der Waals surface area contributed by atoms with Gasteiger partial charge in [0.05, 0.1) is 0 Å². The van der Waals surface area contributed by atoms with Gasteiger partial charge in [0.15, 0.2) is 0 Å². The molecule has 2 rings (SSSR count).